The molecule has 0 fully saturated rings. The van der Waals surface area contributed by atoms with E-state index >= 15 is 0 Å². The van der Waals surface area contributed by atoms with Crippen LogP contribution in [0.3, 0.4) is 0 Å². The molecule has 0 saturated carbocycles. The van der Waals surface area contributed by atoms with E-state index in [1.54, 1.807) is 30.1 Å². The molecule has 0 unspecified atom stereocenters. The number of benzene rings is 1. The highest BCUT2D eigenvalue weighted by molar-refractivity contribution is 5.81. The second-order valence-electron chi connectivity index (χ2n) is 4.09. The van der Waals surface area contributed by atoms with Crippen molar-refractivity contribution in [3.63, 3.8) is 0 Å². The number of fused-ring (bicyclic) bond motifs is 1. The van der Waals surface area contributed by atoms with E-state index in [2.05, 4.69) is 0 Å². The van der Waals surface area contributed by atoms with Gasteiger partial charge in [0.15, 0.2) is 5.58 Å². The van der Waals surface area contributed by atoms with Crippen molar-refractivity contribution in [1.29, 1.82) is 0 Å². The van der Waals surface area contributed by atoms with Crippen molar-refractivity contribution in [3.8, 4) is 0 Å². The van der Waals surface area contributed by atoms with E-state index in [0.29, 0.717) is 23.3 Å². The Balaban J connectivity index is 2.42. The summed E-state index contributed by atoms with van der Waals surface area (Å²) in [6, 6.07) is 4.91. The first-order valence-electron chi connectivity index (χ1n) is 5.65. The van der Waals surface area contributed by atoms with Crippen molar-refractivity contribution < 1.29 is 9.21 Å². The average molecular weight is 249 g/mol. The van der Waals surface area contributed by atoms with Gasteiger partial charge >= 0.3 is 5.76 Å². The zero-order chi connectivity index (χ0) is 13.3. The van der Waals surface area contributed by atoms with Gasteiger partial charge in [-0.3, -0.25) is 9.36 Å². The van der Waals surface area contributed by atoms with Crippen molar-refractivity contribution in [1.82, 2.24) is 9.47 Å². The van der Waals surface area contributed by atoms with Gasteiger partial charge in [0.2, 0.25) is 5.91 Å². The van der Waals surface area contributed by atoms with Crippen molar-refractivity contribution >= 4 is 22.7 Å². The molecule has 2 aromatic rings. The lowest BCUT2D eigenvalue weighted by Crippen LogP contribution is -2.32. The number of likely N-dealkylation sites (N-methyl/N-ethyl adjacent to an activating group) is 1. The zero-order valence-electron chi connectivity index (χ0n) is 10.3. The van der Waals surface area contributed by atoms with Gasteiger partial charge < -0.3 is 15.1 Å². The van der Waals surface area contributed by atoms with Gasteiger partial charge in [0.05, 0.1) is 5.52 Å². The second-order valence-corrected chi connectivity index (χ2v) is 4.09. The third-order valence-corrected chi connectivity index (χ3v) is 2.89. The van der Waals surface area contributed by atoms with Crippen LogP contribution in [0.15, 0.2) is 27.4 Å². The molecule has 2 N–H and O–H groups in total. The topological polar surface area (TPSA) is 81.5 Å². The van der Waals surface area contributed by atoms with Crippen LogP contribution < -0.4 is 11.5 Å². The summed E-state index contributed by atoms with van der Waals surface area (Å²) in [5.41, 5.74) is 7.09. The molecule has 0 aliphatic heterocycles. The van der Waals surface area contributed by atoms with Crippen LogP contribution in [0.4, 0.5) is 5.69 Å². The fraction of sp³-hybridized carbons (Fsp3) is 0.333. The SMILES string of the molecule is CCN(C)C(=O)Cn1c(=O)oc2cc(N)ccc21. The standard InChI is InChI=1S/C12H15N3O3/c1-3-14(2)11(16)7-15-9-5-4-8(13)6-10(9)18-12(15)17/h4-6H,3,7,13H2,1-2H3. The maximum Gasteiger partial charge on any atom is 0.420 e. The lowest BCUT2D eigenvalue weighted by Gasteiger charge is -2.14. The summed E-state index contributed by atoms with van der Waals surface area (Å²) in [6.45, 7) is 2.44. The average Bonchev–Trinajstić information content (AvgIpc) is 2.64. The minimum Gasteiger partial charge on any atom is -0.408 e. The molecule has 1 heterocycles. The minimum atomic E-state index is -0.548. The summed E-state index contributed by atoms with van der Waals surface area (Å²) < 4.78 is 6.36. The largest absolute Gasteiger partial charge is 0.420 e. The first-order valence-corrected chi connectivity index (χ1v) is 5.65. The van der Waals surface area contributed by atoms with Crippen LogP contribution in [-0.4, -0.2) is 29.0 Å². The van der Waals surface area contributed by atoms with E-state index in [-0.39, 0.29) is 12.5 Å². The Hall–Kier alpha value is -2.24. The zero-order valence-corrected chi connectivity index (χ0v) is 10.3. The molecule has 0 bridgehead atoms. The number of anilines is 1. The van der Waals surface area contributed by atoms with Gasteiger partial charge in [-0.05, 0) is 19.1 Å². The normalized spacial score (nSPS) is 10.8. The fourth-order valence-electron chi connectivity index (χ4n) is 1.67. The van der Waals surface area contributed by atoms with E-state index < -0.39 is 5.76 Å². The predicted molar refractivity (Wildman–Crippen MR) is 68.2 cm³/mol. The molecule has 0 saturated heterocycles. The van der Waals surface area contributed by atoms with Crippen molar-refractivity contribution in [2.75, 3.05) is 19.3 Å². The third kappa shape index (κ3) is 2.09. The summed E-state index contributed by atoms with van der Waals surface area (Å²) in [5, 5.41) is 0. The van der Waals surface area contributed by atoms with Crippen LogP contribution in [0.1, 0.15) is 6.92 Å². The van der Waals surface area contributed by atoms with Gasteiger partial charge in [-0.25, -0.2) is 4.79 Å². The number of oxazole rings is 1. The van der Waals surface area contributed by atoms with Crippen LogP contribution in [0.5, 0.6) is 0 Å². The number of rotatable bonds is 3. The van der Waals surface area contributed by atoms with Gasteiger partial charge in [-0.2, -0.15) is 0 Å². The highest BCUT2D eigenvalue weighted by atomic mass is 16.4. The second kappa shape index (κ2) is 4.56. The molecule has 0 atom stereocenters. The number of nitrogens with two attached hydrogens (primary N) is 1. The summed E-state index contributed by atoms with van der Waals surface area (Å²) in [7, 11) is 1.69. The Labute approximate surface area is 104 Å². The number of hydrogen-bond acceptors (Lipinski definition) is 4. The Morgan fingerprint density at radius 1 is 1.50 bits per heavy atom. The summed E-state index contributed by atoms with van der Waals surface area (Å²) in [4.78, 5) is 25.0. The van der Waals surface area contributed by atoms with Crippen LogP contribution in [0, 0.1) is 0 Å². The molecule has 1 amide bonds. The van der Waals surface area contributed by atoms with Gasteiger partial charge in [-0.15, -0.1) is 0 Å². The number of carbonyl (C=O) groups excluding carboxylic acids is 1. The van der Waals surface area contributed by atoms with E-state index in [0.717, 1.165) is 0 Å². The number of carbonyl (C=O) groups is 1. The molecule has 0 aliphatic carbocycles. The lowest BCUT2D eigenvalue weighted by molar-refractivity contribution is -0.130. The van der Waals surface area contributed by atoms with Gasteiger partial charge in [0.1, 0.15) is 6.54 Å². The maximum atomic E-state index is 11.8. The van der Waals surface area contributed by atoms with Crippen LogP contribution >= 0.6 is 0 Å². The summed E-state index contributed by atoms with van der Waals surface area (Å²) >= 11 is 0. The molecule has 96 valence electrons. The number of aromatic nitrogens is 1. The lowest BCUT2D eigenvalue weighted by atomic mass is 10.3. The number of hydrogen-bond donors (Lipinski definition) is 1. The maximum absolute atomic E-state index is 11.8. The molecule has 1 aromatic heterocycles. The molecule has 0 aliphatic rings. The molecule has 1 aromatic carbocycles. The fourth-order valence-corrected chi connectivity index (χ4v) is 1.67. The van der Waals surface area contributed by atoms with Gasteiger partial charge in [0, 0.05) is 25.3 Å². The van der Waals surface area contributed by atoms with Crippen molar-refractivity contribution in [3.05, 3.63) is 28.7 Å². The Bertz CT molecular complexity index is 642. The molecular weight excluding hydrogens is 234 g/mol. The number of nitrogens with zero attached hydrogens (tertiary/aromatic N) is 2. The first-order chi connectivity index (χ1) is 8.52. The Kier molecular flexibility index (Phi) is 3.10. The summed E-state index contributed by atoms with van der Waals surface area (Å²) in [5.74, 6) is -0.687. The third-order valence-electron chi connectivity index (χ3n) is 2.89. The minimum absolute atomic E-state index is 0.0277. The van der Waals surface area contributed by atoms with Crippen molar-refractivity contribution in [2.24, 2.45) is 0 Å². The highest BCUT2D eigenvalue weighted by Gasteiger charge is 2.14. The molecule has 0 radical (unpaired) electrons. The summed E-state index contributed by atoms with van der Waals surface area (Å²) in [6.07, 6.45) is 0. The van der Waals surface area contributed by atoms with Crippen LogP contribution in [-0.2, 0) is 11.3 Å². The van der Waals surface area contributed by atoms with E-state index in [1.807, 2.05) is 6.92 Å². The monoisotopic (exact) mass is 249 g/mol. The Morgan fingerprint density at radius 2 is 2.22 bits per heavy atom. The van der Waals surface area contributed by atoms with Gasteiger partial charge in [-0.1, -0.05) is 0 Å². The van der Waals surface area contributed by atoms with Crippen LogP contribution in [0.25, 0.3) is 11.1 Å². The molecule has 6 heteroatoms. The van der Waals surface area contributed by atoms with Crippen molar-refractivity contribution in [2.45, 2.75) is 13.5 Å². The number of amides is 1. The smallest absolute Gasteiger partial charge is 0.408 e. The predicted octanol–water partition coefficient (Wildman–Crippen LogP) is 0.655. The van der Waals surface area contributed by atoms with E-state index in [9.17, 15) is 9.59 Å². The first kappa shape index (κ1) is 12.2. The molecular formula is C12H15N3O3. The molecule has 18 heavy (non-hydrogen) atoms. The van der Waals surface area contributed by atoms with E-state index in [4.69, 9.17) is 10.2 Å². The van der Waals surface area contributed by atoms with Crippen LogP contribution in [0.2, 0.25) is 0 Å². The molecule has 6 nitrogen and oxygen atoms in total. The highest BCUT2D eigenvalue weighted by Crippen LogP contribution is 2.16. The van der Waals surface area contributed by atoms with E-state index in [1.165, 1.54) is 4.57 Å². The quantitative estimate of drug-likeness (QED) is 0.810. The molecule has 2 rings (SSSR count). The van der Waals surface area contributed by atoms with Gasteiger partial charge in [0.25, 0.3) is 0 Å². The molecule has 0 spiro atoms. The Morgan fingerprint density at radius 3 is 2.89 bits per heavy atom. The number of nitrogen functional groups attached to an aromatic ring is 1.